The maximum absolute atomic E-state index is 13.2. The van der Waals surface area contributed by atoms with Crippen molar-refractivity contribution in [2.45, 2.75) is 26.3 Å². The monoisotopic (exact) mass is 370 g/mol. The Morgan fingerprint density at radius 3 is 2.33 bits per heavy atom. The minimum atomic E-state index is -0.477. The molecule has 8 nitrogen and oxygen atoms in total. The van der Waals surface area contributed by atoms with Crippen LogP contribution in [-0.4, -0.2) is 28.3 Å². The minimum absolute atomic E-state index is 0.202. The summed E-state index contributed by atoms with van der Waals surface area (Å²) in [7, 11) is 3.05. The van der Waals surface area contributed by atoms with Crippen LogP contribution in [0.25, 0.3) is 16.7 Å². The van der Waals surface area contributed by atoms with E-state index < -0.39 is 5.69 Å². The van der Waals surface area contributed by atoms with E-state index in [1.54, 1.807) is 30.3 Å². The molecule has 2 heterocycles. The van der Waals surface area contributed by atoms with Gasteiger partial charge in [0.25, 0.3) is 5.56 Å². The number of anilines is 1. The summed E-state index contributed by atoms with van der Waals surface area (Å²) in [6, 6.07) is 8.21. The van der Waals surface area contributed by atoms with Gasteiger partial charge < -0.3 is 15.2 Å². The number of nitrogens with zero attached hydrogens (tertiary/aromatic N) is 3. The van der Waals surface area contributed by atoms with E-state index in [1.165, 1.54) is 23.4 Å². The van der Waals surface area contributed by atoms with Gasteiger partial charge in [-0.15, -0.1) is 0 Å². The molecule has 0 aliphatic rings. The van der Waals surface area contributed by atoms with Crippen LogP contribution in [0.5, 0.6) is 11.5 Å². The Bertz CT molecular complexity index is 1080. The van der Waals surface area contributed by atoms with Gasteiger partial charge in [0.05, 0.1) is 25.3 Å². The topological polar surface area (TPSA) is 101 Å². The van der Waals surface area contributed by atoms with Crippen molar-refractivity contribution in [3.63, 3.8) is 0 Å². The van der Waals surface area contributed by atoms with E-state index in [0.717, 1.165) is 6.42 Å². The Balaban J connectivity index is 2.42. The van der Waals surface area contributed by atoms with Crippen LogP contribution in [-0.2, 0) is 6.54 Å². The second-order valence-electron chi connectivity index (χ2n) is 6.11. The van der Waals surface area contributed by atoms with Crippen molar-refractivity contribution in [2.24, 2.45) is 0 Å². The zero-order valence-electron chi connectivity index (χ0n) is 15.6. The molecule has 0 bridgehead atoms. The highest BCUT2D eigenvalue weighted by Crippen LogP contribution is 2.25. The lowest BCUT2D eigenvalue weighted by atomic mass is 10.2. The first-order valence-electron chi connectivity index (χ1n) is 8.65. The molecule has 0 saturated heterocycles. The summed E-state index contributed by atoms with van der Waals surface area (Å²) < 4.78 is 13.2. The number of hydrogen-bond acceptors (Lipinski definition) is 6. The van der Waals surface area contributed by atoms with Crippen LogP contribution in [0, 0.1) is 0 Å². The minimum Gasteiger partial charge on any atom is -0.497 e. The molecule has 2 aromatic heterocycles. The van der Waals surface area contributed by atoms with E-state index in [1.807, 2.05) is 6.92 Å². The Labute approximate surface area is 155 Å². The van der Waals surface area contributed by atoms with Crippen molar-refractivity contribution in [1.29, 1.82) is 0 Å². The van der Waals surface area contributed by atoms with Crippen molar-refractivity contribution in [2.75, 3.05) is 20.0 Å². The quantitative estimate of drug-likeness (QED) is 0.712. The summed E-state index contributed by atoms with van der Waals surface area (Å²) >= 11 is 0. The maximum atomic E-state index is 13.2. The highest BCUT2D eigenvalue weighted by molar-refractivity contribution is 5.77. The van der Waals surface area contributed by atoms with Gasteiger partial charge in [-0.05, 0) is 18.6 Å². The molecule has 0 aliphatic heterocycles. The number of benzene rings is 1. The van der Waals surface area contributed by atoms with Crippen LogP contribution in [0.15, 0.2) is 39.9 Å². The average molecular weight is 370 g/mol. The first-order chi connectivity index (χ1) is 13.0. The number of nitrogens with two attached hydrogens (primary N) is 1. The number of ether oxygens (including phenoxy) is 2. The number of nitrogen functional groups attached to an aromatic ring is 1. The molecule has 27 heavy (non-hydrogen) atoms. The Morgan fingerprint density at radius 2 is 1.74 bits per heavy atom. The number of rotatable bonds is 6. The van der Waals surface area contributed by atoms with Gasteiger partial charge in [0.2, 0.25) is 0 Å². The van der Waals surface area contributed by atoms with Crippen molar-refractivity contribution in [1.82, 2.24) is 14.1 Å². The molecule has 3 rings (SSSR count). The van der Waals surface area contributed by atoms with Crippen molar-refractivity contribution >= 4 is 16.9 Å². The van der Waals surface area contributed by atoms with Gasteiger partial charge >= 0.3 is 5.69 Å². The van der Waals surface area contributed by atoms with E-state index in [0.29, 0.717) is 35.5 Å². The van der Waals surface area contributed by atoms with Crippen LogP contribution in [0.3, 0.4) is 0 Å². The van der Waals surface area contributed by atoms with Crippen LogP contribution in [0.2, 0.25) is 0 Å². The van der Waals surface area contributed by atoms with Crippen molar-refractivity contribution in [3.8, 4) is 17.2 Å². The maximum Gasteiger partial charge on any atom is 0.337 e. The molecule has 0 atom stereocenters. The third-order valence-corrected chi connectivity index (χ3v) is 4.34. The molecule has 0 unspecified atom stereocenters. The SMILES string of the molecule is CCCCn1c(=O)c2ccc(N)nc2n(-c2cc(OC)cc(OC)c2)c1=O. The normalized spacial score (nSPS) is 10.9. The van der Waals surface area contributed by atoms with Gasteiger partial charge in [-0.2, -0.15) is 0 Å². The molecule has 0 aliphatic carbocycles. The van der Waals surface area contributed by atoms with Gasteiger partial charge in [0.15, 0.2) is 5.65 Å². The van der Waals surface area contributed by atoms with Gasteiger partial charge in [-0.25, -0.2) is 14.3 Å². The molecule has 1 aromatic carbocycles. The number of unbranched alkanes of at least 4 members (excludes halogenated alkanes) is 1. The van der Waals surface area contributed by atoms with Crippen LogP contribution in [0.4, 0.5) is 5.82 Å². The van der Waals surface area contributed by atoms with Crippen LogP contribution < -0.4 is 26.5 Å². The fourth-order valence-corrected chi connectivity index (χ4v) is 2.91. The molecule has 0 saturated carbocycles. The summed E-state index contributed by atoms with van der Waals surface area (Å²) in [5, 5.41) is 0.321. The Morgan fingerprint density at radius 1 is 1.07 bits per heavy atom. The first-order valence-corrected chi connectivity index (χ1v) is 8.65. The molecule has 0 fully saturated rings. The van der Waals surface area contributed by atoms with Crippen molar-refractivity contribution in [3.05, 3.63) is 51.2 Å². The Kier molecular flexibility index (Phi) is 5.16. The molecule has 0 radical (unpaired) electrons. The highest BCUT2D eigenvalue weighted by Gasteiger charge is 2.17. The lowest BCUT2D eigenvalue weighted by Gasteiger charge is -2.15. The van der Waals surface area contributed by atoms with Gasteiger partial charge in [0.1, 0.15) is 17.3 Å². The molecule has 8 heteroatoms. The molecule has 3 aromatic rings. The number of methoxy groups -OCH3 is 2. The molecule has 0 spiro atoms. The summed E-state index contributed by atoms with van der Waals surface area (Å²) in [6.45, 7) is 2.33. The second kappa shape index (κ2) is 7.53. The molecular formula is C19H22N4O4. The zero-order valence-corrected chi connectivity index (χ0v) is 15.6. The fourth-order valence-electron chi connectivity index (χ4n) is 2.91. The number of aromatic nitrogens is 3. The highest BCUT2D eigenvalue weighted by atomic mass is 16.5. The third kappa shape index (κ3) is 3.38. The largest absolute Gasteiger partial charge is 0.497 e. The zero-order chi connectivity index (χ0) is 19.6. The first kappa shape index (κ1) is 18.5. The predicted molar refractivity (Wildman–Crippen MR) is 104 cm³/mol. The van der Waals surface area contributed by atoms with Gasteiger partial charge in [-0.3, -0.25) is 9.36 Å². The average Bonchev–Trinajstić information content (AvgIpc) is 2.67. The number of pyridine rings is 1. The van der Waals surface area contributed by atoms with Crippen molar-refractivity contribution < 1.29 is 9.47 Å². The summed E-state index contributed by atoms with van der Waals surface area (Å²) in [5.41, 5.74) is 5.64. The van der Waals surface area contributed by atoms with E-state index in [4.69, 9.17) is 15.2 Å². The second-order valence-corrected chi connectivity index (χ2v) is 6.11. The lowest BCUT2D eigenvalue weighted by Crippen LogP contribution is -2.40. The van der Waals surface area contributed by atoms with E-state index in [-0.39, 0.29) is 17.0 Å². The van der Waals surface area contributed by atoms with E-state index in [9.17, 15) is 9.59 Å². The Hall–Kier alpha value is -3.29. The standard InChI is InChI=1S/C19H22N4O4/c1-4-5-8-22-18(24)15-6-7-16(20)21-17(15)23(19(22)25)12-9-13(26-2)11-14(10-12)27-3/h6-7,9-11H,4-5,8H2,1-3H3,(H2,20,21). The molecule has 142 valence electrons. The summed E-state index contributed by atoms with van der Waals surface area (Å²) in [6.07, 6.45) is 1.57. The van der Waals surface area contributed by atoms with Gasteiger partial charge in [-0.1, -0.05) is 13.3 Å². The number of hydrogen-bond donors (Lipinski definition) is 1. The smallest absolute Gasteiger partial charge is 0.337 e. The predicted octanol–water partition coefficient (Wildman–Crippen LogP) is 1.95. The fraction of sp³-hybridized carbons (Fsp3) is 0.316. The lowest BCUT2D eigenvalue weighted by molar-refractivity contribution is 0.394. The number of fused-ring (bicyclic) bond motifs is 1. The molecule has 2 N–H and O–H groups in total. The van der Waals surface area contributed by atoms with Gasteiger partial charge in [0, 0.05) is 24.7 Å². The van der Waals surface area contributed by atoms with Crippen LogP contribution >= 0.6 is 0 Å². The summed E-state index contributed by atoms with van der Waals surface area (Å²) in [4.78, 5) is 30.3. The van der Waals surface area contributed by atoms with E-state index in [2.05, 4.69) is 4.98 Å². The summed E-state index contributed by atoms with van der Waals surface area (Å²) in [5.74, 6) is 1.25. The van der Waals surface area contributed by atoms with E-state index >= 15 is 0 Å². The van der Waals surface area contributed by atoms with Crippen LogP contribution in [0.1, 0.15) is 19.8 Å². The molecular weight excluding hydrogens is 348 g/mol. The third-order valence-electron chi connectivity index (χ3n) is 4.34. The molecule has 0 amide bonds.